The first kappa shape index (κ1) is 30.3. The number of hydrogen-bond acceptors (Lipinski definition) is 9. The van der Waals surface area contributed by atoms with Crippen molar-refractivity contribution in [2.75, 3.05) is 6.61 Å². The summed E-state index contributed by atoms with van der Waals surface area (Å²) < 4.78 is 83.1. The number of aliphatic hydroxyl groups is 2. The summed E-state index contributed by atoms with van der Waals surface area (Å²) in [5.74, 6) is -8.27. The number of aromatic hydroxyl groups is 1. The van der Waals surface area contributed by atoms with E-state index in [1.54, 1.807) is 6.07 Å². The molecule has 4 aromatic rings. The fourth-order valence-electron chi connectivity index (χ4n) is 4.88. The number of thiol groups is 1. The molecule has 1 aliphatic rings. The summed E-state index contributed by atoms with van der Waals surface area (Å²) in [5, 5.41) is 39.3. The van der Waals surface area contributed by atoms with Gasteiger partial charge in [-0.25, -0.2) is 26.6 Å². The van der Waals surface area contributed by atoms with Crippen LogP contribution in [-0.2, 0) is 21.6 Å². The first-order valence-corrected chi connectivity index (χ1v) is 13.4. The van der Waals surface area contributed by atoms with E-state index in [-0.39, 0.29) is 22.4 Å². The number of phenolic OH excluding ortho intramolecular Hbond substituents is 1. The van der Waals surface area contributed by atoms with E-state index in [2.05, 4.69) is 43.9 Å². The molecule has 3 N–H and O–H groups in total. The Hall–Kier alpha value is -3.15. The number of phenols is 1. The van der Waals surface area contributed by atoms with Crippen molar-refractivity contribution >= 4 is 28.6 Å². The lowest BCUT2D eigenvalue weighted by molar-refractivity contribution is -0.222. The number of nitrogens with zero attached hydrogens (tertiary/aromatic N) is 4. The van der Waals surface area contributed by atoms with Gasteiger partial charge in [-0.05, 0) is 51.8 Å². The van der Waals surface area contributed by atoms with Gasteiger partial charge in [0, 0.05) is 28.0 Å². The van der Waals surface area contributed by atoms with E-state index in [9.17, 15) is 37.3 Å². The Morgan fingerprint density at radius 3 is 2.31 bits per heavy atom. The van der Waals surface area contributed by atoms with Crippen LogP contribution >= 0.6 is 28.6 Å². The number of aromatic nitrogens is 4. The third kappa shape index (κ3) is 5.26. The van der Waals surface area contributed by atoms with Gasteiger partial charge in [0.2, 0.25) is 0 Å². The second kappa shape index (κ2) is 11.9. The van der Waals surface area contributed by atoms with E-state index >= 15 is 0 Å². The third-order valence-electron chi connectivity index (χ3n) is 6.82. The molecule has 0 bridgehead atoms. The standard InChI is InChI=1S/C26H20BrF5N4O5S/c27-14-5-13(6-33-7-14)26(36-8-19(34-35-36)12-3-15(28)21(32)16(29)4-12)23(39)20(9-37)41-25(42)24(26)40-10-11-1-17(30)22(38)18(31)2-11/h1-8,20,23-25,37-39,42H,9-10H2/t20-,23+,24+,25-,26+/m0/s1. The lowest BCUT2D eigenvalue weighted by Crippen LogP contribution is -2.68. The first-order valence-electron chi connectivity index (χ1n) is 12.1. The van der Waals surface area contributed by atoms with Gasteiger partial charge in [-0.2, -0.15) is 0 Å². The minimum Gasteiger partial charge on any atom is -0.503 e. The van der Waals surface area contributed by atoms with Crippen molar-refractivity contribution in [2.24, 2.45) is 0 Å². The summed E-state index contributed by atoms with van der Waals surface area (Å²) in [6.45, 7) is -1.19. The Balaban J connectivity index is 1.68. The second-order valence-electron chi connectivity index (χ2n) is 9.35. The second-order valence-corrected chi connectivity index (χ2v) is 10.8. The normalized spacial score (nSPS) is 24.2. The van der Waals surface area contributed by atoms with Crippen molar-refractivity contribution in [1.29, 1.82) is 0 Å². The molecule has 0 saturated carbocycles. The Bertz CT molecular complexity index is 1590. The molecule has 3 heterocycles. The molecular formula is C26H20BrF5N4O5S. The monoisotopic (exact) mass is 674 g/mol. The molecule has 0 radical (unpaired) electrons. The molecule has 1 aliphatic heterocycles. The molecule has 2 aromatic carbocycles. The zero-order valence-electron chi connectivity index (χ0n) is 21.0. The molecule has 16 heteroatoms. The maximum Gasteiger partial charge on any atom is 0.194 e. The third-order valence-corrected chi connectivity index (χ3v) is 7.64. The largest absolute Gasteiger partial charge is 0.503 e. The highest BCUT2D eigenvalue weighted by molar-refractivity contribution is 9.10. The van der Waals surface area contributed by atoms with E-state index in [4.69, 9.17) is 9.47 Å². The lowest BCUT2D eigenvalue weighted by atomic mass is 9.76. The van der Waals surface area contributed by atoms with Crippen LogP contribution in [-0.4, -0.2) is 65.7 Å². The molecule has 0 spiro atoms. The Morgan fingerprint density at radius 2 is 1.69 bits per heavy atom. The van der Waals surface area contributed by atoms with Crippen molar-refractivity contribution in [3.05, 3.63) is 93.6 Å². The zero-order valence-corrected chi connectivity index (χ0v) is 23.5. The molecule has 0 amide bonds. The number of benzene rings is 2. The topological polar surface area (TPSA) is 123 Å². The van der Waals surface area contributed by atoms with Crippen molar-refractivity contribution in [3.8, 4) is 17.0 Å². The number of rotatable bonds is 7. The molecule has 5 rings (SSSR count). The number of pyridine rings is 1. The van der Waals surface area contributed by atoms with Gasteiger partial charge in [0.1, 0.15) is 35.0 Å². The van der Waals surface area contributed by atoms with E-state index in [1.165, 1.54) is 18.6 Å². The highest BCUT2D eigenvalue weighted by atomic mass is 79.9. The lowest BCUT2D eigenvalue weighted by Gasteiger charge is -2.51. The molecule has 0 unspecified atom stereocenters. The van der Waals surface area contributed by atoms with Crippen molar-refractivity contribution in [2.45, 2.75) is 35.9 Å². The van der Waals surface area contributed by atoms with Crippen LogP contribution in [0.25, 0.3) is 11.3 Å². The average molecular weight is 675 g/mol. The molecule has 42 heavy (non-hydrogen) atoms. The van der Waals surface area contributed by atoms with E-state index < -0.39 is 77.3 Å². The van der Waals surface area contributed by atoms with Crippen molar-refractivity contribution in [3.63, 3.8) is 0 Å². The minimum atomic E-state index is -1.90. The molecule has 0 aliphatic carbocycles. The van der Waals surface area contributed by atoms with Crippen LogP contribution in [0.4, 0.5) is 22.0 Å². The fraction of sp³-hybridized carbons (Fsp3) is 0.269. The van der Waals surface area contributed by atoms with E-state index in [0.29, 0.717) is 16.6 Å². The van der Waals surface area contributed by atoms with E-state index in [0.717, 1.165) is 16.8 Å². The van der Waals surface area contributed by atoms with Gasteiger partial charge >= 0.3 is 0 Å². The quantitative estimate of drug-likeness (QED) is 0.133. The SMILES string of the molecule is OC[C@@H]1O[C@@H](S)[C@@H](OCc2cc(F)c(O)c(F)c2)[C@](c2cncc(Br)c2)(n2cc(-c3cc(F)c(F)c(F)c3)nn2)[C@@H]1O. The maximum atomic E-state index is 14.0. The van der Waals surface area contributed by atoms with Gasteiger partial charge in [0.25, 0.3) is 0 Å². The fourth-order valence-corrected chi connectivity index (χ4v) is 5.71. The van der Waals surface area contributed by atoms with Crippen molar-refractivity contribution < 1.29 is 46.7 Å². The Labute approximate surface area is 248 Å². The van der Waals surface area contributed by atoms with Gasteiger partial charge in [0.15, 0.2) is 34.8 Å². The zero-order chi connectivity index (χ0) is 30.3. The van der Waals surface area contributed by atoms with E-state index in [1.807, 2.05) is 0 Å². The van der Waals surface area contributed by atoms with Gasteiger partial charge in [-0.15, -0.1) is 17.7 Å². The van der Waals surface area contributed by atoms with Gasteiger partial charge < -0.3 is 24.8 Å². The predicted octanol–water partition coefficient (Wildman–Crippen LogP) is 3.84. The van der Waals surface area contributed by atoms with Crippen LogP contribution in [0, 0.1) is 29.1 Å². The predicted molar refractivity (Wildman–Crippen MR) is 142 cm³/mol. The van der Waals surface area contributed by atoms with Crippen LogP contribution in [0.5, 0.6) is 5.75 Å². The van der Waals surface area contributed by atoms with Crippen LogP contribution in [0.2, 0.25) is 0 Å². The number of aliphatic hydroxyl groups excluding tert-OH is 2. The summed E-state index contributed by atoms with van der Waals surface area (Å²) in [6.07, 6.45) is -0.347. The van der Waals surface area contributed by atoms with Gasteiger partial charge in [0.05, 0.1) is 19.4 Å². The van der Waals surface area contributed by atoms with Crippen molar-refractivity contribution in [1.82, 2.24) is 20.0 Å². The van der Waals surface area contributed by atoms with Gasteiger partial charge in [-0.3, -0.25) is 4.98 Å². The smallest absolute Gasteiger partial charge is 0.194 e. The van der Waals surface area contributed by atoms with Crippen LogP contribution in [0.3, 0.4) is 0 Å². The number of ether oxygens (including phenoxy) is 2. The molecule has 2 aromatic heterocycles. The molecule has 1 fully saturated rings. The summed E-state index contributed by atoms with van der Waals surface area (Å²) in [4.78, 5) is 4.15. The Kier molecular flexibility index (Phi) is 8.55. The number of halogens is 6. The average Bonchev–Trinajstić information content (AvgIpc) is 3.45. The first-order chi connectivity index (χ1) is 20.0. The van der Waals surface area contributed by atoms with Crippen LogP contribution in [0.1, 0.15) is 11.1 Å². The summed E-state index contributed by atoms with van der Waals surface area (Å²) in [7, 11) is 0. The minimum absolute atomic E-state index is 0.0417. The Morgan fingerprint density at radius 1 is 1.02 bits per heavy atom. The molecule has 9 nitrogen and oxygen atoms in total. The summed E-state index contributed by atoms with van der Waals surface area (Å²) in [6, 6.07) is 4.65. The summed E-state index contributed by atoms with van der Waals surface area (Å²) >= 11 is 7.80. The summed E-state index contributed by atoms with van der Waals surface area (Å²) in [5.41, 5.74) is -3.27. The van der Waals surface area contributed by atoms with Crippen LogP contribution < -0.4 is 0 Å². The molecular weight excluding hydrogens is 655 g/mol. The molecule has 5 atom stereocenters. The number of hydrogen-bond donors (Lipinski definition) is 4. The molecule has 222 valence electrons. The highest BCUT2D eigenvalue weighted by Gasteiger charge is 2.59. The van der Waals surface area contributed by atoms with Crippen LogP contribution in [0.15, 0.2) is 53.4 Å². The maximum absolute atomic E-state index is 14.0. The van der Waals surface area contributed by atoms with Gasteiger partial charge in [-0.1, -0.05) is 5.21 Å². The highest BCUT2D eigenvalue weighted by Crippen LogP contribution is 2.45. The molecule has 1 saturated heterocycles.